The average Bonchev–Trinajstić information content (AvgIpc) is 2.61. The molecule has 2 N–H and O–H groups in total. The van der Waals surface area contributed by atoms with Crippen molar-refractivity contribution in [3.05, 3.63) is 0 Å². The SMILES string of the molecule is CCNCC(C)C(=O)NC1CCOC1C. The van der Waals surface area contributed by atoms with Crippen LogP contribution in [0.5, 0.6) is 0 Å². The van der Waals surface area contributed by atoms with Crippen LogP contribution >= 0.6 is 0 Å². The Labute approximate surface area is 91.8 Å². The summed E-state index contributed by atoms with van der Waals surface area (Å²) in [5.74, 6) is 0.149. The summed E-state index contributed by atoms with van der Waals surface area (Å²) in [4.78, 5) is 11.7. The fourth-order valence-corrected chi connectivity index (χ4v) is 1.70. The molecular weight excluding hydrogens is 192 g/mol. The summed E-state index contributed by atoms with van der Waals surface area (Å²) in [7, 11) is 0. The third-order valence-electron chi connectivity index (χ3n) is 2.85. The van der Waals surface area contributed by atoms with Gasteiger partial charge in [0.2, 0.25) is 5.91 Å². The maximum Gasteiger partial charge on any atom is 0.224 e. The standard InChI is InChI=1S/C11H22N2O2/c1-4-12-7-8(2)11(14)13-10-5-6-15-9(10)3/h8-10,12H,4-7H2,1-3H3,(H,13,14). The first-order valence-corrected chi connectivity index (χ1v) is 5.77. The molecule has 1 rings (SSSR count). The van der Waals surface area contributed by atoms with Crippen LogP contribution in [-0.2, 0) is 9.53 Å². The zero-order valence-electron chi connectivity index (χ0n) is 9.88. The summed E-state index contributed by atoms with van der Waals surface area (Å²) < 4.78 is 5.40. The molecule has 0 aromatic heterocycles. The Morgan fingerprint density at radius 2 is 2.33 bits per heavy atom. The number of hydrogen-bond acceptors (Lipinski definition) is 3. The Bertz CT molecular complexity index is 209. The van der Waals surface area contributed by atoms with Gasteiger partial charge in [-0.1, -0.05) is 13.8 Å². The Morgan fingerprint density at radius 3 is 2.87 bits per heavy atom. The molecule has 1 fully saturated rings. The molecule has 1 aliphatic heterocycles. The molecule has 0 aliphatic carbocycles. The second-order valence-electron chi connectivity index (χ2n) is 4.19. The van der Waals surface area contributed by atoms with Gasteiger partial charge in [-0.2, -0.15) is 0 Å². The minimum atomic E-state index is 0.0257. The highest BCUT2D eigenvalue weighted by Crippen LogP contribution is 2.13. The number of rotatable bonds is 5. The third-order valence-corrected chi connectivity index (χ3v) is 2.85. The zero-order valence-corrected chi connectivity index (χ0v) is 9.88. The van der Waals surface area contributed by atoms with Crippen LogP contribution in [-0.4, -0.2) is 37.7 Å². The summed E-state index contributed by atoms with van der Waals surface area (Å²) in [6.45, 7) is 8.39. The summed E-state index contributed by atoms with van der Waals surface area (Å²) in [5, 5.41) is 6.21. The molecule has 0 bridgehead atoms. The van der Waals surface area contributed by atoms with Gasteiger partial charge in [0, 0.05) is 19.1 Å². The van der Waals surface area contributed by atoms with Crippen molar-refractivity contribution in [3.8, 4) is 0 Å². The number of hydrogen-bond donors (Lipinski definition) is 2. The number of amides is 1. The highest BCUT2D eigenvalue weighted by molar-refractivity contribution is 5.78. The molecule has 0 spiro atoms. The molecular formula is C11H22N2O2. The van der Waals surface area contributed by atoms with Crippen LogP contribution in [0.3, 0.4) is 0 Å². The molecule has 4 heteroatoms. The van der Waals surface area contributed by atoms with E-state index in [-0.39, 0.29) is 24.0 Å². The molecule has 4 nitrogen and oxygen atoms in total. The van der Waals surface area contributed by atoms with Gasteiger partial charge in [0.15, 0.2) is 0 Å². The predicted octanol–water partition coefficient (Wildman–Crippen LogP) is 0.526. The molecule has 0 aromatic carbocycles. The van der Waals surface area contributed by atoms with Crippen LogP contribution in [0.25, 0.3) is 0 Å². The van der Waals surface area contributed by atoms with Crippen LogP contribution in [0.1, 0.15) is 27.2 Å². The van der Waals surface area contributed by atoms with E-state index in [1.807, 2.05) is 20.8 Å². The van der Waals surface area contributed by atoms with Gasteiger partial charge in [-0.15, -0.1) is 0 Å². The molecule has 1 amide bonds. The summed E-state index contributed by atoms with van der Waals surface area (Å²) in [6, 6.07) is 0.196. The molecule has 0 radical (unpaired) electrons. The first-order valence-electron chi connectivity index (χ1n) is 5.77. The van der Waals surface area contributed by atoms with Gasteiger partial charge in [-0.25, -0.2) is 0 Å². The first-order chi connectivity index (χ1) is 7.15. The van der Waals surface area contributed by atoms with Gasteiger partial charge in [-0.05, 0) is 19.9 Å². The second kappa shape index (κ2) is 6.08. The van der Waals surface area contributed by atoms with Gasteiger partial charge in [0.05, 0.1) is 12.1 Å². The molecule has 1 saturated heterocycles. The maximum atomic E-state index is 11.7. The van der Waals surface area contributed by atoms with E-state index < -0.39 is 0 Å². The van der Waals surface area contributed by atoms with Gasteiger partial charge in [0.1, 0.15) is 0 Å². The number of nitrogens with one attached hydrogen (secondary N) is 2. The monoisotopic (exact) mass is 214 g/mol. The predicted molar refractivity (Wildman–Crippen MR) is 59.7 cm³/mol. The van der Waals surface area contributed by atoms with Crippen molar-refractivity contribution in [1.82, 2.24) is 10.6 Å². The van der Waals surface area contributed by atoms with Crippen LogP contribution in [0.2, 0.25) is 0 Å². The van der Waals surface area contributed by atoms with Crippen molar-refractivity contribution in [1.29, 1.82) is 0 Å². The van der Waals surface area contributed by atoms with E-state index in [4.69, 9.17) is 4.74 Å². The third kappa shape index (κ3) is 3.80. The van der Waals surface area contributed by atoms with E-state index in [9.17, 15) is 4.79 Å². The van der Waals surface area contributed by atoms with E-state index in [1.54, 1.807) is 0 Å². The normalized spacial score (nSPS) is 27.7. The molecule has 3 unspecified atom stereocenters. The fraction of sp³-hybridized carbons (Fsp3) is 0.909. The lowest BCUT2D eigenvalue weighted by Gasteiger charge is -2.19. The van der Waals surface area contributed by atoms with Gasteiger partial charge in [-0.3, -0.25) is 4.79 Å². The summed E-state index contributed by atoms with van der Waals surface area (Å²) in [6.07, 6.45) is 1.08. The summed E-state index contributed by atoms with van der Waals surface area (Å²) >= 11 is 0. The Morgan fingerprint density at radius 1 is 1.60 bits per heavy atom. The molecule has 0 aromatic rings. The van der Waals surface area contributed by atoms with Crippen molar-refractivity contribution < 1.29 is 9.53 Å². The van der Waals surface area contributed by atoms with Crippen molar-refractivity contribution in [2.75, 3.05) is 19.7 Å². The number of carbonyl (C=O) groups is 1. The first kappa shape index (κ1) is 12.5. The van der Waals surface area contributed by atoms with E-state index in [0.717, 1.165) is 26.1 Å². The summed E-state index contributed by atoms with van der Waals surface area (Å²) in [5.41, 5.74) is 0. The Balaban J connectivity index is 2.27. The van der Waals surface area contributed by atoms with E-state index >= 15 is 0 Å². The quantitative estimate of drug-likeness (QED) is 0.701. The minimum absolute atomic E-state index is 0.0257. The van der Waals surface area contributed by atoms with Gasteiger partial charge >= 0.3 is 0 Å². The maximum absolute atomic E-state index is 11.7. The van der Waals surface area contributed by atoms with Crippen LogP contribution < -0.4 is 10.6 Å². The van der Waals surface area contributed by atoms with Gasteiger partial charge < -0.3 is 15.4 Å². The molecule has 0 saturated carbocycles. The minimum Gasteiger partial charge on any atom is -0.376 e. The zero-order chi connectivity index (χ0) is 11.3. The topological polar surface area (TPSA) is 50.4 Å². The van der Waals surface area contributed by atoms with Crippen LogP contribution in [0, 0.1) is 5.92 Å². The highest BCUT2D eigenvalue weighted by atomic mass is 16.5. The highest BCUT2D eigenvalue weighted by Gasteiger charge is 2.26. The smallest absolute Gasteiger partial charge is 0.224 e. The Kier molecular flexibility index (Phi) is 5.05. The number of ether oxygens (including phenoxy) is 1. The van der Waals surface area contributed by atoms with E-state index in [2.05, 4.69) is 10.6 Å². The van der Waals surface area contributed by atoms with E-state index in [1.165, 1.54) is 0 Å². The lowest BCUT2D eigenvalue weighted by atomic mass is 10.1. The van der Waals surface area contributed by atoms with Crippen molar-refractivity contribution in [2.45, 2.75) is 39.3 Å². The van der Waals surface area contributed by atoms with Crippen molar-refractivity contribution in [2.24, 2.45) is 5.92 Å². The average molecular weight is 214 g/mol. The molecule has 1 heterocycles. The molecule has 3 atom stereocenters. The molecule has 88 valence electrons. The van der Waals surface area contributed by atoms with Crippen LogP contribution in [0.4, 0.5) is 0 Å². The van der Waals surface area contributed by atoms with E-state index in [0.29, 0.717) is 0 Å². The lowest BCUT2D eigenvalue weighted by molar-refractivity contribution is -0.125. The van der Waals surface area contributed by atoms with Crippen molar-refractivity contribution >= 4 is 5.91 Å². The fourth-order valence-electron chi connectivity index (χ4n) is 1.70. The Hall–Kier alpha value is -0.610. The van der Waals surface area contributed by atoms with Gasteiger partial charge in [0.25, 0.3) is 0 Å². The molecule has 15 heavy (non-hydrogen) atoms. The van der Waals surface area contributed by atoms with Crippen LogP contribution in [0.15, 0.2) is 0 Å². The lowest BCUT2D eigenvalue weighted by Crippen LogP contribution is -2.43. The molecule has 1 aliphatic rings. The number of carbonyl (C=O) groups excluding carboxylic acids is 1. The van der Waals surface area contributed by atoms with Crippen molar-refractivity contribution in [3.63, 3.8) is 0 Å². The largest absolute Gasteiger partial charge is 0.376 e. The second-order valence-corrected chi connectivity index (χ2v) is 4.19.